The Labute approximate surface area is 168 Å². The van der Waals surface area contributed by atoms with Crippen LogP contribution < -0.4 is 16.6 Å². The molecular weight excluding hydrogens is 370 g/mol. The Morgan fingerprint density at radius 1 is 1.07 bits per heavy atom. The third kappa shape index (κ3) is 4.27. The summed E-state index contributed by atoms with van der Waals surface area (Å²) in [5.41, 5.74) is 0.633. The van der Waals surface area contributed by atoms with E-state index in [1.165, 1.54) is 36.4 Å². The molecule has 8 heteroatoms. The van der Waals surface area contributed by atoms with E-state index in [2.05, 4.69) is 27.3 Å². The van der Waals surface area contributed by atoms with E-state index in [0.29, 0.717) is 11.9 Å². The molecule has 1 atom stereocenters. The van der Waals surface area contributed by atoms with Crippen LogP contribution in [0.4, 0.5) is 0 Å². The van der Waals surface area contributed by atoms with Crippen molar-refractivity contribution in [3.63, 3.8) is 0 Å². The second-order valence-electron chi connectivity index (χ2n) is 7.29. The average Bonchev–Trinajstić information content (AvgIpc) is 2.73. The van der Waals surface area contributed by atoms with Crippen LogP contribution in [-0.2, 0) is 20.5 Å². The molecule has 0 saturated heterocycles. The first-order valence-electron chi connectivity index (χ1n) is 9.35. The molecule has 29 heavy (non-hydrogen) atoms. The van der Waals surface area contributed by atoms with E-state index in [0.717, 1.165) is 11.0 Å². The van der Waals surface area contributed by atoms with Crippen LogP contribution in [0.2, 0.25) is 0 Å². The quantitative estimate of drug-likeness (QED) is 0.658. The number of pyridine rings is 1. The van der Waals surface area contributed by atoms with Gasteiger partial charge >= 0.3 is 5.69 Å². The van der Waals surface area contributed by atoms with Crippen LogP contribution in [0.3, 0.4) is 0 Å². The molecule has 3 aromatic rings. The van der Waals surface area contributed by atoms with Gasteiger partial charge < -0.3 is 10.2 Å². The van der Waals surface area contributed by atoms with Crippen molar-refractivity contribution in [2.45, 2.75) is 12.5 Å². The van der Waals surface area contributed by atoms with Gasteiger partial charge in [0.2, 0.25) is 0 Å². The lowest BCUT2D eigenvalue weighted by Crippen LogP contribution is -2.42. The summed E-state index contributed by atoms with van der Waals surface area (Å²) in [7, 11) is 6.89. The largest absolute Gasteiger partial charge is 0.349 e. The van der Waals surface area contributed by atoms with Crippen LogP contribution in [-0.4, -0.2) is 51.6 Å². The number of hydrogen-bond acceptors (Lipinski definition) is 5. The first-order chi connectivity index (χ1) is 13.8. The lowest BCUT2D eigenvalue weighted by Gasteiger charge is -2.24. The molecule has 1 aromatic carbocycles. The van der Waals surface area contributed by atoms with Gasteiger partial charge in [-0.1, -0.05) is 30.3 Å². The number of aryl methyl sites for hydroxylation is 1. The second kappa shape index (κ2) is 8.40. The normalized spacial score (nSPS) is 12.3. The maximum absolute atomic E-state index is 12.7. The summed E-state index contributed by atoms with van der Waals surface area (Å²) in [6.45, 7) is 0.440. The Balaban J connectivity index is 1.80. The van der Waals surface area contributed by atoms with Gasteiger partial charge in [0, 0.05) is 26.7 Å². The molecule has 0 fully saturated rings. The minimum absolute atomic E-state index is 0.110. The van der Waals surface area contributed by atoms with Crippen molar-refractivity contribution in [2.75, 3.05) is 20.6 Å². The number of nitrogens with zero attached hydrogens (tertiary/aromatic N) is 4. The molecule has 3 rings (SSSR count). The number of aromatic nitrogens is 3. The molecule has 152 valence electrons. The van der Waals surface area contributed by atoms with Crippen molar-refractivity contribution < 1.29 is 4.79 Å². The van der Waals surface area contributed by atoms with Gasteiger partial charge in [0.15, 0.2) is 0 Å². The summed E-state index contributed by atoms with van der Waals surface area (Å²) in [6.07, 6.45) is 0.795. The molecular formula is C21H25N5O3. The van der Waals surface area contributed by atoms with Gasteiger partial charge in [-0.3, -0.25) is 18.7 Å². The predicted molar refractivity (Wildman–Crippen MR) is 112 cm³/mol. The molecule has 0 aliphatic rings. The van der Waals surface area contributed by atoms with Gasteiger partial charge in [-0.2, -0.15) is 0 Å². The zero-order valence-corrected chi connectivity index (χ0v) is 17.0. The van der Waals surface area contributed by atoms with Crippen molar-refractivity contribution in [3.8, 4) is 0 Å². The van der Waals surface area contributed by atoms with E-state index in [1.54, 1.807) is 0 Å². The zero-order chi connectivity index (χ0) is 21.1. The van der Waals surface area contributed by atoms with E-state index in [9.17, 15) is 14.4 Å². The number of nitrogens with one attached hydrogen (secondary N) is 1. The highest BCUT2D eigenvalue weighted by molar-refractivity contribution is 5.94. The highest BCUT2D eigenvalue weighted by atomic mass is 16.2. The number of benzene rings is 1. The molecule has 0 bridgehead atoms. The molecule has 0 radical (unpaired) electrons. The fourth-order valence-electron chi connectivity index (χ4n) is 3.21. The molecule has 0 saturated carbocycles. The zero-order valence-electron chi connectivity index (χ0n) is 17.0. The summed E-state index contributed by atoms with van der Waals surface area (Å²) in [5, 5.41) is 3.20. The lowest BCUT2D eigenvalue weighted by molar-refractivity contribution is 0.0937. The van der Waals surface area contributed by atoms with Crippen LogP contribution in [0.1, 0.15) is 16.1 Å². The van der Waals surface area contributed by atoms with Gasteiger partial charge in [0.05, 0.1) is 5.39 Å². The molecule has 0 aliphatic heterocycles. The third-order valence-electron chi connectivity index (χ3n) is 5.08. The summed E-state index contributed by atoms with van der Waals surface area (Å²) < 4.78 is 2.29. The number of fused-ring (bicyclic) bond motifs is 1. The molecule has 1 amide bonds. The summed E-state index contributed by atoms with van der Waals surface area (Å²) in [5.74, 6) is -0.347. The SMILES string of the molecule is CN(C)C(CNC(=O)c1ccc2c(=O)n(C)c(=O)n(C)c2n1)Cc1ccccc1. The van der Waals surface area contributed by atoms with E-state index in [-0.39, 0.29) is 23.3 Å². The van der Waals surface area contributed by atoms with Gasteiger partial charge in [-0.15, -0.1) is 0 Å². The van der Waals surface area contributed by atoms with E-state index < -0.39 is 11.2 Å². The third-order valence-corrected chi connectivity index (χ3v) is 5.08. The summed E-state index contributed by atoms with van der Waals surface area (Å²) in [4.78, 5) is 43.4. The topological polar surface area (TPSA) is 89.2 Å². The van der Waals surface area contributed by atoms with Crippen molar-refractivity contribution in [3.05, 3.63) is 74.6 Å². The van der Waals surface area contributed by atoms with Gasteiger partial charge in [0.1, 0.15) is 11.3 Å². The maximum Gasteiger partial charge on any atom is 0.332 e. The lowest BCUT2D eigenvalue weighted by atomic mass is 10.1. The van der Waals surface area contributed by atoms with Gasteiger partial charge in [-0.05, 0) is 38.2 Å². The first-order valence-corrected chi connectivity index (χ1v) is 9.35. The van der Waals surface area contributed by atoms with Crippen LogP contribution in [0.5, 0.6) is 0 Å². The molecule has 8 nitrogen and oxygen atoms in total. The molecule has 1 unspecified atom stereocenters. The van der Waals surface area contributed by atoms with E-state index in [1.807, 2.05) is 32.3 Å². The number of amides is 1. The Bertz CT molecular complexity index is 1150. The molecule has 1 N–H and O–H groups in total. The van der Waals surface area contributed by atoms with Crippen molar-refractivity contribution in [1.82, 2.24) is 24.3 Å². The Morgan fingerprint density at radius 3 is 2.41 bits per heavy atom. The molecule has 2 heterocycles. The van der Waals surface area contributed by atoms with Crippen molar-refractivity contribution in [2.24, 2.45) is 14.1 Å². The van der Waals surface area contributed by atoms with Crippen molar-refractivity contribution in [1.29, 1.82) is 0 Å². The van der Waals surface area contributed by atoms with E-state index >= 15 is 0 Å². The number of carbonyl (C=O) groups is 1. The fourth-order valence-corrected chi connectivity index (χ4v) is 3.21. The first kappa shape index (κ1) is 20.5. The maximum atomic E-state index is 12.7. The molecule has 2 aromatic heterocycles. The number of carbonyl (C=O) groups excluding carboxylic acids is 1. The number of rotatable bonds is 6. The van der Waals surface area contributed by atoms with Crippen LogP contribution >= 0.6 is 0 Å². The number of likely N-dealkylation sites (N-methyl/N-ethyl adjacent to an activating group) is 1. The smallest absolute Gasteiger partial charge is 0.332 e. The Kier molecular flexibility index (Phi) is 5.93. The minimum Gasteiger partial charge on any atom is -0.349 e. The van der Waals surface area contributed by atoms with Crippen LogP contribution in [0, 0.1) is 0 Å². The molecule has 0 spiro atoms. The van der Waals surface area contributed by atoms with Gasteiger partial charge in [-0.25, -0.2) is 9.78 Å². The monoisotopic (exact) mass is 395 g/mol. The standard InChI is InChI=1S/C21H25N5O3/c1-24(2)15(12-14-8-6-5-7-9-14)13-22-19(27)17-11-10-16-18(23-17)25(3)21(29)26(4)20(16)28/h5-11,15H,12-13H2,1-4H3,(H,22,27). The Hall–Kier alpha value is -3.26. The van der Waals surface area contributed by atoms with E-state index in [4.69, 9.17) is 0 Å². The Morgan fingerprint density at radius 2 is 1.76 bits per heavy atom. The highest BCUT2D eigenvalue weighted by Crippen LogP contribution is 2.08. The minimum atomic E-state index is -0.483. The fraction of sp³-hybridized carbons (Fsp3) is 0.333. The highest BCUT2D eigenvalue weighted by Gasteiger charge is 2.17. The molecule has 0 aliphatic carbocycles. The second-order valence-corrected chi connectivity index (χ2v) is 7.29. The average molecular weight is 395 g/mol. The van der Waals surface area contributed by atoms with Crippen LogP contribution in [0.15, 0.2) is 52.1 Å². The van der Waals surface area contributed by atoms with Gasteiger partial charge in [0.25, 0.3) is 11.5 Å². The van der Waals surface area contributed by atoms with Crippen molar-refractivity contribution >= 4 is 16.9 Å². The predicted octanol–water partition coefficient (Wildman–Crippen LogP) is 0.535. The summed E-state index contributed by atoms with van der Waals surface area (Å²) >= 11 is 0. The summed E-state index contributed by atoms with van der Waals surface area (Å²) in [6, 6.07) is 13.2. The van der Waals surface area contributed by atoms with Crippen LogP contribution in [0.25, 0.3) is 11.0 Å². The number of hydrogen-bond donors (Lipinski definition) is 1.